The molecule has 0 spiro atoms. The number of pyridine rings is 1. The Bertz CT molecular complexity index is 1000. The van der Waals surface area contributed by atoms with Crippen molar-refractivity contribution in [3.8, 4) is 5.88 Å². The van der Waals surface area contributed by atoms with Crippen molar-refractivity contribution in [3.05, 3.63) is 12.3 Å². The first-order chi connectivity index (χ1) is 13.2. The summed E-state index contributed by atoms with van der Waals surface area (Å²) >= 11 is 1.26. The van der Waals surface area contributed by atoms with Gasteiger partial charge in [-0.1, -0.05) is 11.8 Å². The fourth-order valence-corrected chi connectivity index (χ4v) is 4.65. The Morgan fingerprint density at radius 1 is 1.21 bits per heavy atom. The first kappa shape index (κ1) is 19.5. The summed E-state index contributed by atoms with van der Waals surface area (Å²) in [6.07, 6.45) is 6.65. The van der Waals surface area contributed by atoms with Crippen LogP contribution in [0.25, 0.3) is 10.9 Å². The number of anilines is 1. The second-order valence-corrected chi connectivity index (χ2v) is 9.32. The van der Waals surface area contributed by atoms with Gasteiger partial charge in [0.1, 0.15) is 5.82 Å². The maximum Gasteiger partial charge on any atom is 0.534 e. The molecule has 0 radical (unpaired) electrons. The largest absolute Gasteiger partial charge is 0.534 e. The lowest BCUT2D eigenvalue weighted by Gasteiger charge is -2.33. The summed E-state index contributed by atoms with van der Waals surface area (Å²) < 4.78 is 65.4. The summed E-state index contributed by atoms with van der Waals surface area (Å²) in [5, 5.41) is 0.962. The molecule has 7 nitrogen and oxygen atoms in total. The van der Waals surface area contributed by atoms with Crippen molar-refractivity contribution in [2.45, 2.75) is 29.9 Å². The van der Waals surface area contributed by atoms with Crippen LogP contribution in [0.4, 0.5) is 19.0 Å². The van der Waals surface area contributed by atoms with Gasteiger partial charge in [0.15, 0.2) is 5.16 Å². The van der Waals surface area contributed by atoms with Crippen LogP contribution in [0.5, 0.6) is 5.88 Å². The van der Waals surface area contributed by atoms with E-state index in [1.807, 2.05) is 4.90 Å². The highest BCUT2D eigenvalue weighted by Gasteiger charge is 2.49. The van der Waals surface area contributed by atoms with Gasteiger partial charge < -0.3 is 9.08 Å². The van der Waals surface area contributed by atoms with Gasteiger partial charge in [0.25, 0.3) is 0 Å². The maximum absolute atomic E-state index is 12.7. The molecule has 2 aromatic heterocycles. The first-order valence-electron chi connectivity index (χ1n) is 8.64. The maximum atomic E-state index is 12.7. The van der Waals surface area contributed by atoms with E-state index in [4.69, 9.17) is 0 Å². The van der Waals surface area contributed by atoms with Gasteiger partial charge in [0.05, 0.1) is 10.9 Å². The molecule has 2 unspecified atom stereocenters. The Hall–Kier alpha value is -1.82. The first-order valence-corrected chi connectivity index (χ1v) is 11.3. The van der Waals surface area contributed by atoms with Crippen molar-refractivity contribution in [1.82, 2.24) is 15.0 Å². The van der Waals surface area contributed by atoms with Crippen molar-refractivity contribution in [3.63, 3.8) is 0 Å². The van der Waals surface area contributed by atoms with Crippen LogP contribution < -0.4 is 9.08 Å². The average Bonchev–Trinajstić information content (AvgIpc) is 2.97. The minimum Gasteiger partial charge on any atom is -0.355 e. The van der Waals surface area contributed by atoms with Crippen LogP contribution in [-0.4, -0.2) is 48.2 Å². The molecule has 3 heterocycles. The summed E-state index contributed by atoms with van der Waals surface area (Å²) in [6, 6.07) is 1.10. The Balaban J connectivity index is 1.80. The number of hydrogen-bond donors (Lipinski definition) is 0. The third-order valence-corrected chi connectivity index (χ3v) is 6.60. The van der Waals surface area contributed by atoms with Gasteiger partial charge in [-0.05, 0) is 37.4 Å². The lowest BCUT2D eigenvalue weighted by molar-refractivity contribution is -0.0501. The fraction of sp³-hybridized carbons (Fsp3) is 0.562. The number of alkyl halides is 3. The van der Waals surface area contributed by atoms with Gasteiger partial charge in [-0.15, -0.1) is 0 Å². The van der Waals surface area contributed by atoms with E-state index in [0.717, 1.165) is 25.3 Å². The summed E-state index contributed by atoms with van der Waals surface area (Å²) in [6.45, 7) is 1.41. The molecule has 1 aliphatic heterocycles. The van der Waals surface area contributed by atoms with E-state index in [2.05, 4.69) is 19.1 Å². The van der Waals surface area contributed by atoms with Gasteiger partial charge in [0.2, 0.25) is 5.88 Å². The normalized spacial score (nSPS) is 22.6. The van der Waals surface area contributed by atoms with Gasteiger partial charge in [-0.3, -0.25) is 0 Å². The summed E-state index contributed by atoms with van der Waals surface area (Å²) in [4.78, 5) is 14.6. The van der Waals surface area contributed by atoms with E-state index in [1.165, 1.54) is 11.8 Å². The fourth-order valence-electron chi connectivity index (χ4n) is 3.90. The summed E-state index contributed by atoms with van der Waals surface area (Å²) in [5.41, 5.74) is -5.25. The van der Waals surface area contributed by atoms with Crippen LogP contribution in [0, 0.1) is 11.8 Å². The highest BCUT2D eigenvalue weighted by atomic mass is 32.2. The number of thioether (sulfide) groups is 1. The predicted octanol–water partition coefficient (Wildman–Crippen LogP) is 3.21. The minimum absolute atomic E-state index is 0.287. The highest BCUT2D eigenvalue weighted by molar-refractivity contribution is 7.98. The zero-order valence-corrected chi connectivity index (χ0v) is 16.4. The van der Waals surface area contributed by atoms with E-state index in [1.54, 1.807) is 12.5 Å². The molecule has 2 atom stereocenters. The molecule has 2 aliphatic rings. The molecule has 2 bridgehead atoms. The van der Waals surface area contributed by atoms with Crippen LogP contribution in [0.1, 0.15) is 19.3 Å². The third-order valence-electron chi connectivity index (χ3n) is 5.08. The number of fused-ring (bicyclic) bond motifs is 3. The summed E-state index contributed by atoms with van der Waals surface area (Å²) in [5.74, 6) is 0.688. The van der Waals surface area contributed by atoms with E-state index < -0.39 is 21.5 Å². The van der Waals surface area contributed by atoms with Crippen LogP contribution in [-0.2, 0) is 10.1 Å². The van der Waals surface area contributed by atoms with E-state index in [0.29, 0.717) is 41.3 Å². The molecule has 12 heteroatoms. The zero-order chi connectivity index (χ0) is 20.1. The van der Waals surface area contributed by atoms with E-state index in [9.17, 15) is 21.6 Å². The lowest BCUT2D eigenvalue weighted by Crippen LogP contribution is -2.37. The second kappa shape index (κ2) is 6.90. The predicted molar refractivity (Wildman–Crippen MR) is 97.8 cm³/mol. The van der Waals surface area contributed by atoms with Crippen molar-refractivity contribution in [2.24, 2.45) is 11.8 Å². The van der Waals surface area contributed by atoms with Gasteiger partial charge >= 0.3 is 15.6 Å². The third kappa shape index (κ3) is 3.59. The molecule has 1 aliphatic carbocycles. The number of nitrogens with zero attached hydrogens (tertiary/aromatic N) is 4. The van der Waals surface area contributed by atoms with Crippen LogP contribution >= 0.6 is 11.8 Å². The summed E-state index contributed by atoms with van der Waals surface area (Å²) in [7, 11) is -5.82. The molecule has 1 saturated carbocycles. The standard InChI is InChI=1S/C16H17F3N4O3S2/c1-27-15-20-6-11-12(21-15)5-13(26-28(24,25)16(17,18)19)22-14(11)23-7-9-2-3-10(4-9)8-23/h5-6,9-10H,2-4,7-8H2,1H3. The minimum atomic E-state index is -5.82. The molecule has 2 aromatic rings. The molecule has 0 amide bonds. The Kier molecular flexibility index (Phi) is 4.81. The number of aromatic nitrogens is 3. The number of hydrogen-bond acceptors (Lipinski definition) is 8. The molecule has 1 saturated heterocycles. The van der Waals surface area contributed by atoms with Crippen LogP contribution in [0.3, 0.4) is 0 Å². The van der Waals surface area contributed by atoms with Crippen molar-refractivity contribution < 1.29 is 25.8 Å². The highest BCUT2D eigenvalue weighted by Crippen LogP contribution is 2.40. The molecular formula is C16H17F3N4O3S2. The van der Waals surface area contributed by atoms with Crippen molar-refractivity contribution >= 4 is 38.6 Å². The molecule has 152 valence electrons. The zero-order valence-electron chi connectivity index (χ0n) is 14.8. The molecular weight excluding hydrogens is 417 g/mol. The molecule has 28 heavy (non-hydrogen) atoms. The Morgan fingerprint density at radius 3 is 2.50 bits per heavy atom. The average molecular weight is 434 g/mol. The van der Waals surface area contributed by atoms with Gasteiger partial charge in [-0.2, -0.15) is 26.6 Å². The SMILES string of the molecule is CSc1ncc2c(N3CC4CCC(C4)C3)nc(OS(=O)(=O)C(F)(F)F)cc2n1. The Morgan fingerprint density at radius 2 is 1.89 bits per heavy atom. The van der Waals surface area contributed by atoms with E-state index >= 15 is 0 Å². The van der Waals surface area contributed by atoms with E-state index in [-0.39, 0.29) is 5.52 Å². The monoisotopic (exact) mass is 434 g/mol. The molecule has 2 fully saturated rings. The second-order valence-electron chi connectivity index (χ2n) is 7.01. The molecule has 0 aromatic carbocycles. The van der Waals surface area contributed by atoms with Gasteiger partial charge in [0, 0.05) is 25.4 Å². The van der Waals surface area contributed by atoms with Crippen molar-refractivity contribution in [2.75, 3.05) is 24.2 Å². The van der Waals surface area contributed by atoms with Crippen LogP contribution in [0.2, 0.25) is 0 Å². The lowest BCUT2D eigenvalue weighted by atomic mass is 9.98. The molecule has 0 N–H and O–H groups in total. The smallest absolute Gasteiger partial charge is 0.355 e. The van der Waals surface area contributed by atoms with Crippen molar-refractivity contribution in [1.29, 1.82) is 0 Å². The topological polar surface area (TPSA) is 85.3 Å². The Labute approximate surface area is 163 Å². The number of rotatable bonds is 4. The number of piperidine rings is 1. The van der Waals surface area contributed by atoms with Gasteiger partial charge in [-0.25, -0.2) is 9.97 Å². The molecule has 4 rings (SSSR count). The number of halogens is 3. The van der Waals surface area contributed by atoms with Crippen LogP contribution in [0.15, 0.2) is 17.4 Å². The quantitative estimate of drug-likeness (QED) is 0.314.